The summed E-state index contributed by atoms with van der Waals surface area (Å²) in [6.07, 6.45) is 0.941. The summed E-state index contributed by atoms with van der Waals surface area (Å²) in [5.41, 5.74) is 2.51. The summed E-state index contributed by atoms with van der Waals surface area (Å²) < 4.78 is 5.16. The molecule has 0 aliphatic rings. The van der Waals surface area contributed by atoms with Crippen LogP contribution < -0.4 is 15.4 Å². The Morgan fingerprint density at radius 2 is 1.65 bits per heavy atom. The lowest BCUT2D eigenvalue weighted by molar-refractivity contribution is 0.414. The first kappa shape index (κ1) is 19.3. The Kier molecular flexibility index (Phi) is 9.12. The number of methoxy groups -OCH3 is 1. The second-order valence-corrected chi connectivity index (χ2v) is 4.94. The fourth-order valence-corrected chi connectivity index (χ4v) is 2.12. The van der Waals surface area contributed by atoms with Gasteiger partial charge < -0.3 is 15.4 Å². The van der Waals surface area contributed by atoms with Crippen molar-refractivity contribution in [2.45, 2.75) is 13.0 Å². The molecule has 2 aromatic carbocycles. The SMILES string of the molecule is CN=C(NCCc1ccc(OC)cc1)NCc1ccccc1.I. The molecule has 0 aliphatic carbocycles. The maximum absolute atomic E-state index is 5.16. The largest absolute Gasteiger partial charge is 0.497 e. The van der Waals surface area contributed by atoms with E-state index >= 15 is 0 Å². The number of rotatable bonds is 6. The standard InChI is InChI=1S/C18H23N3O.HI/c1-19-18(21-14-16-6-4-3-5-7-16)20-13-12-15-8-10-17(22-2)11-9-15;/h3-11H,12-14H2,1-2H3,(H2,19,20,21);1H. The summed E-state index contributed by atoms with van der Waals surface area (Å²) in [6, 6.07) is 18.4. The van der Waals surface area contributed by atoms with Gasteiger partial charge in [0.25, 0.3) is 0 Å². The molecule has 0 aliphatic heterocycles. The van der Waals surface area contributed by atoms with Crippen LogP contribution in [0.3, 0.4) is 0 Å². The van der Waals surface area contributed by atoms with Gasteiger partial charge in [-0.3, -0.25) is 4.99 Å². The molecule has 2 N–H and O–H groups in total. The van der Waals surface area contributed by atoms with Crippen LogP contribution in [0.5, 0.6) is 5.75 Å². The van der Waals surface area contributed by atoms with Crippen molar-refractivity contribution in [2.24, 2.45) is 4.99 Å². The van der Waals surface area contributed by atoms with Crippen molar-refractivity contribution in [3.63, 3.8) is 0 Å². The van der Waals surface area contributed by atoms with Crippen molar-refractivity contribution in [3.05, 3.63) is 65.7 Å². The van der Waals surface area contributed by atoms with Crippen LogP contribution in [0.15, 0.2) is 59.6 Å². The summed E-state index contributed by atoms with van der Waals surface area (Å²) in [5.74, 6) is 1.70. The van der Waals surface area contributed by atoms with E-state index in [4.69, 9.17) is 4.74 Å². The number of halogens is 1. The van der Waals surface area contributed by atoms with Crippen LogP contribution in [-0.2, 0) is 13.0 Å². The highest BCUT2D eigenvalue weighted by molar-refractivity contribution is 14.0. The second-order valence-electron chi connectivity index (χ2n) is 4.94. The maximum atomic E-state index is 5.16. The lowest BCUT2D eigenvalue weighted by Gasteiger charge is -2.12. The van der Waals surface area contributed by atoms with Crippen LogP contribution in [-0.4, -0.2) is 26.7 Å². The molecule has 0 fully saturated rings. The molecule has 0 saturated heterocycles. The number of benzene rings is 2. The van der Waals surface area contributed by atoms with E-state index in [1.807, 2.05) is 30.3 Å². The highest BCUT2D eigenvalue weighted by atomic mass is 127. The van der Waals surface area contributed by atoms with E-state index in [0.717, 1.165) is 31.2 Å². The van der Waals surface area contributed by atoms with Crippen molar-refractivity contribution in [1.29, 1.82) is 0 Å². The molecule has 0 bridgehead atoms. The highest BCUT2D eigenvalue weighted by Crippen LogP contribution is 2.11. The van der Waals surface area contributed by atoms with Gasteiger partial charge in [-0.2, -0.15) is 0 Å². The topological polar surface area (TPSA) is 45.7 Å². The minimum absolute atomic E-state index is 0. The average molecular weight is 425 g/mol. The van der Waals surface area contributed by atoms with Crippen molar-refractivity contribution >= 4 is 29.9 Å². The third kappa shape index (κ3) is 6.90. The summed E-state index contributed by atoms with van der Waals surface area (Å²) in [4.78, 5) is 4.24. The summed E-state index contributed by atoms with van der Waals surface area (Å²) >= 11 is 0. The Labute approximate surface area is 155 Å². The van der Waals surface area contributed by atoms with Crippen molar-refractivity contribution in [3.8, 4) is 5.75 Å². The van der Waals surface area contributed by atoms with Gasteiger partial charge in [-0.1, -0.05) is 42.5 Å². The van der Waals surface area contributed by atoms with Crippen LogP contribution in [0.1, 0.15) is 11.1 Å². The van der Waals surface area contributed by atoms with E-state index in [1.54, 1.807) is 14.2 Å². The summed E-state index contributed by atoms with van der Waals surface area (Å²) in [5, 5.41) is 6.63. The molecule has 4 nitrogen and oxygen atoms in total. The Morgan fingerprint density at radius 1 is 0.957 bits per heavy atom. The summed E-state index contributed by atoms with van der Waals surface area (Å²) in [7, 11) is 3.46. The van der Waals surface area contributed by atoms with E-state index < -0.39 is 0 Å². The van der Waals surface area contributed by atoms with Crippen molar-refractivity contribution < 1.29 is 4.74 Å². The number of guanidine groups is 1. The minimum Gasteiger partial charge on any atom is -0.497 e. The molecule has 124 valence electrons. The first-order valence-electron chi connectivity index (χ1n) is 7.43. The lowest BCUT2D eigenvalue weighted by atomic mass is 10.1. The summed E-state index contributed by atoms with van der Waals surface area (Å²) in [6.45, 7) is 1.60. The molecule has 0 radical (unpaired) electrons. The third-order valence-electron chi connectivity index (χ3n) is 3.39. The number of aliphatic imine (C=N–C) groups is 1. The maximum Gasteiger partial charge on any atom is 0.191 e. The van der Waals surface area contributed by atoms with Crippen molar-refractivity contribution in [1.82, 2.24) is 10.6 Å². The second kappa shape index (κ2) is 10.9. The Morgan fingerprint density at radius 3 is 2.26 bits per heavy atom. The molecule has 23 heavy (non-hydrogen) atoms. The first-order valence-corrected chi connectivity index (χ1v) is 7.43. The van der Waals surface area contributed by atoms with Gasteiger partial charge in [0.1, 0.15) is 5.75 Å². The van der Waals surface area contributed by atoms with Crippen LogP contribution in [0.4, 0.5) is 0 Å². The monoisotopic (exact) mass is 425 g/mol. The Hall–Kier alpha value is -1.76. The van der Waals surface area contributed by atoms with Gasteiger partial charge in [0, 0.05) is 20.1 Å². The normalized spacial score (nSPS) is 10.6. The van der Waals surface area contributed by atoms with E-state index in [9.17, 15) is 0 Å². The molecule has 0 saturated carbocycles. The van der Waals surface area contributed by atoms with Gasteiger partial charge in [-0.05, 0) is 29.7 Å². The van der Waals surface area contributed by atoms with Gasteiger partial charge in [-0.15, -0.1) is 24.0 Å². The zero-order chi connectivity index (χ0) is 15.6. The average Bonchev–Trinajstić information content (AvgIpc) is 2.59. The van der Waals surface area contributed by atoms with Crippen LogP contribution in [0.2, 0.25) is 0 Å². The number of hydrogen-bond acceptors (Lipinski definition) is 2. The zero-order valence-corrected chi connectivity index (χ0v) is 15.9. The molecular weight excluding hydrogens is 401 g/mol. The van der Waals surface area contributed by atoms with Crippen LogP contribution in [0.25, 0.3) is 0 Å². The van der Waals surface area contributed by atoms with E-state index in [-0.39, 0.29) is 24.0 Å². The predicted molar refractivity (Wildman–Crippen MR) is 107 cm³/mol. The van der Waals surface area contributed by atoms with Crippen molar-refractivity contribution in [2.75, 3.05) is 20.7 Å². The fraction of sp³-hybridized carbons (Fsp3) is 0.278. The molecule has 0 amide bonds. The molecular formula is C18H24IN3O. The lowest BCUT2D eigenvalue weighted by Crippen LogP contribution is -2.37. The Bertz CT molecular complexity index is 585. The van der Waals surface area contributed by atoms with Gasteiger partial charge >= 0.3 is 0 Å². The van der Waals surface area contributed by atoms with Gasteiger partial charge in [-0.25, -0.2) is 0 Å². The molecule has 0 unspecified atom stereocenters. The minimum atomic E-state index is 0. The fourth-order valence-electron chi connectivity index (χ4n) is 2.12. The quantitative estimate of drug-likeness (QED) is 0.425. The van der Waals surface area contributed by atoms with Gasteiger partial charge in [0.05, 0.1) is 7.11 Å². The van der Waals surface area contributed by atoms with Crippen LogP contribution >= 0.6 is 24.0 Å². The molecule has 0 heterocycles. The molecule has 0 atom stereocenters. The number of nitrogens with one attached hydrogen (secondary N) is 2. The molecule has 2 aromatic rings. The van der Waals surface area contributed by atoms with E-state index in [0.29, 0.717) is 0 Å². The van der Waals surface area contributed by atoms with Gasteiger partial charge in [0.2, 0.25) is 0 Å². The molecule has 2 rings (SSSR count). The molecule has 5 heteroatoms. The van der Waals surface area contributed by atoms with E-state index in [2.05, 4.69) is 39.9 Å². The van der Waals surface area contributed by atoms with Gasteiger partial charge in [0.15, 0.2) is 5.96 Å². The Balaban J connectivity index is 0.00000264. The van der Waals surface area contributed by atoms with E-state index in [1.165, 1.54) is 11.1 Å². The smallest absolute Gasteiger partial charge is 0.191 e. The number of hydrogen-bond donors (Lipinski definition) is 2. The zero-order valence-electron chi connectivity index (χ0n) is 13.6. The molecule has 0 aromatic heterocycles. The van der Waals surface area contributed by atoms with Crippen LogP contribution in [0, 0.1) is 0 Å². The number of nitrogens with zero attached hydrogens (tertiary/aromatic N) is 1. The number of ether oxygens (including phenoxy) is 1. The first-order chi connectivity index (χ1) is 10.8. The third-order valence-corrected chi connectivity index (χ3v) is 3.39. The highest BCUT2D eigenvalue weighted by Gasteiger charge is 1.99. The molecule has 0 spiro atoms. The predicted octanol–water partition coefficient (Wildman–Crippen LogP) is 3.22.